The Labute approximate surface area is 89.9 Å². The highest BCUT2D eigenvalue weighted by Crippen LogP contribution is 2.37. The predicted octanol–water partition coefficient (Wildman–Crippen LogP) is 2.83. The van der Waals surface area contributed by atoms with Crippen LogP contribution in [0.4, 0.5) is 0 Å². The lowest BCUT2D eigenvalue weighted by molar-refractivity contribution is -0.138. The molecule has 0 aliphatic heterocycles. The molecule has 2 heteroatoms. The van der Waals surface area contributed by atoms with E-state index in [0.29, 0.717) is 18.3 Å². The molecule has 2 rings (SSSR count). The van der Waals surface area contributed by atoms with E-state index in [4.69, 9.17) is 5.11 Å². The van der Waals surface area contributed by atoms with Crippen LogP contribution in [0.25, 0.3) is 0 Å². The maximum Gasteiger partial charge on any atom is 0.303 e. The molecule has 0 amide bonds. The van der Waals surface area contributed by atoms with Gasteiger partial charge in [0.1, 0.15) is 0 Å². The summed E-state index contributed by atoms with van der Waals surface area (Å²) in [6.45, 7) is 2.14. The van der Waals surface area contributed by atoms with Crippen molar-refractivity contribution < 1.29 is 9.90 Å². The highest BCUT2D eigenvalue weighted by atomic mass is 16.4. The van der Waals surface area contributed by atoms with Crippen LogP contribution in [0.2, 0.25) is 0 Å². The third kappa shape index (κ3) is 2.04. The second kappa shape index (κ2) is 4.05. The van der Waals surface area contributed by atoms with Crippen molar-refractivity contribution in [1.29, 1.82) is 0 Å². The summed E-state index contributed by atoms with van der Waals surface area (Å²) in [6.07, 6.45) is 2.33. The number of carboxylic acids is 1. The van der Waals surface area contributed by atoms with E-state index >= 15 is 0 Å². The second-order valence-corrected chi connectivity index (χ2v) is 4.38. The zero-order valence-corrected chi connectivity index (χ0v) is 8.94. The van der Waals surface area contributed by atoms with Gasteiger partial charge in [-0.25, -0.2) is 0 Å². The van der Waals surface area contributed by atoms with Crippen LogP contribution in [-0.4, -0.2) is 11.1 Å². The Bertz CT molecular complexity index is 371. The molecular weight excluding hydrogens is 188 g/mol. The number of aryl methyl sites for hydroxylation is 1. The van der Waals surface area contributed by atoms with Crippen molar-refractivity contribution in [3.05, 3.63) is 35.4 Å². The zero-order valence-electron chi connectivity index (χ0n) is 8.94. The Balaban J connectivity index is 2.22. The Morgan fingerprint density at radius 2 is 2.20 bits per heavy atom. The number of aliphatic carboxylic acids is 1. The van der Waals surface area contributed by atoms with Gasteiger partial charge < -0.3 is 5.11 Å². The van der Waals surface area contributed by atoms with Crippen LogP contribution < -0.4 is 0 Å². The summed E-state index contributed by atoms with van der Waals surface area (Å²) < 4.78 is 0. The molecule has 15 heavy (non-hydrogen) atoms. The Hall–Kier alpha value is -1.31. The first-order valence-electron chi connectivity index (χ1n) is 5.48. The highest BCUT2D eigenvalue weighted by Gasteiger charge is 2.27. The molecule has 2 nitrogen and oxygen atoms in total. The molecule has 1 aliphatic carbocycles. The summed E-state index contributed by atoms with van der Waals surface area (Å²) in [5.41, 5.74) is 2.74. The van der Waals surface area contributed by atoms with Crippen LogP contribution in [0.5, 0.6) is 0 Å². The van der Waals surface area contributed by atoms with Crippen molar-refractivity contribution in [2.24, 2.45) is 5.92 Å². The van der Waals surface area contributed by atoms with E-state index in [0.717, 1.165) is 12.8 Å². The van der Waals surface area contributed by atoms with Gasteiger partial charge in [-0.2, -0.15) is 0 Å². The third-order valence-electron chi connectivity index (χ3n) is 3.47. The van der Waals surface area contributed by atoms with Gasteiger partial charge in [0.25, 0.3) is 0 Å². The predicted molar refractivity (Wildman–Crippen MR) is 58.9 cm³/mol. The second-order valence-electron chi connectivity index (χ2n) is 4.38. The van der Waals surface area contributed by atoms with Gasteiger partial charge in [-0.15, -0.1) is 0 Å². The third-order valence-corrected chi connectivity index (χ3v) is 3.47. The van der Waals surface area contributed by atoms with Gasteiger partial charge in [-0.05, 0) is 35.8 Å². The lowest BCUT2D eigenvalue weighted by Gasteiger charge is -2.30. The maximum absolute atomic E-state index is 10.7. The summed E-state index contributed by atoms with van der Waals surface area (Å²) in [5, 5.41) is 8.83. The summed E-state index contributed by atoms with van der Waals surface area (Å²) in [6, 6.07) is 8.39. The van der Waals surface area contributed by atoms with E-state index in [1.54, 1.807) is 0 Å². The molecule has 0 saturated heterocycles. The van der Waals surface area contributed by atoms with E-state index in [9.17, 15) is 4.79 Å². The van der Waals surface area contributed by atoms with E-state index in [-0.39, 0.29) is 0 Å². The molecule has 0 bridgehead atoms. The number of hydrogen-bond donors (Lipinski definition) is 1. The first-order chi connectivity index (χ1) is 7.18. The van der Waals surface area contributed by atoms with Gasteiger partial charge in [0, 0.05) is 6.42 Å². The number of carbonyl (C=O) groups is 1. The molecule has 2 unspecified atom stereocenters. The maximum atomic E-state index is 10.7. The zero-order chi connectivity index (χ0) is 10.8. The topological polar surface area (TPSA) is 37.3 Å². The van der Waals surface area contributed by atoms with Crippen molar-refractivity contribution in [1.82, 2.24) is 0 Å². The Morgan fingerprint density at radius 3 is 2.93 bits per heavy atom. The molecule has 0 saturated carbocycles. The van der Waals surface area contributed by atoms with Crippen molar-refractivity contribution >= 4 is 5.97 Å². The summed E-state index contributed by atoms with van der Waals surface area (Å²) in [5.74, 6) is 0.00896. The van der Waals surface area contributed by atoms with E-state index in [2.05, 4.69) is 25.1 Å². The molecule has 1 N–H and O–H groups in total. The van der Waals surface area contributed by atoms with E-state index < -0.39 is 5.97 Å². The quantitative estimate of drug-likeness (QED) is 0.804. The fourth-order valence-corrected chi connectivity index (χ4v) is 2.55. The monoisotopic (exact) mass is 204 g/mol. The normalized spacial score (nSPS) is 24.6. The molecule has 0 heterocycles. The summed E-state index contributed by atoms with van der Waals surface area (Å²) in [4.78, 5) is 10.7. The average molecular weight is 204 g/mol. The molecule has 80 valence electrons. The van der Waals surface area contributed by atoms with Crippen molar-refractivity contribution in [2.45, 2.75) is 32.1 Å². The van der Waals surface area contributed by atoms with Crippen molar-refractivity contribution in [3.8, 4) is 0 Å². The smallest absolute Gasteiger partial charge is 0.303 e. The number of rotatable bonds is 2. The minimum absolute atomic E-state index is 0.301. The van der Waals surface area contributed by atoms with E-state index in [1.807, 2.05) is 6.07 Å². The van der Waals surface area contributed by atoms with Gasteiger partial charge >= 0.3 is 5.97 Å². The fourth-order valence-electron chi connectivity index (χ4n) is 2.55. The number of benzene rings is 1. The number of carboxylic acid groups (broad SMARTS) is 1. The first kappa shape index (κ1) is 10.2. The molecule has 1 aromatic carbocycles. The lowest BCUT2D eigenvalue weighted by atomic mass is 9.75. The standard InChI is InChI=1S/C13H16O2/c1-9-11(8-13(14)15)7-6-10-4-2-3-5-12(9)10/h2-5,9,11H,6-8H2,1H3,(H,14,15). The van der Waals surface area contributed by atoms with Crippen molar-refractivity contribution in [3.63, 3.8) is 0 Å². The van der Waals surface area contributed by atoms with Crippen LogP contribution >= 0.6 is 0 Å². The molecule has 0 radical (unpaired) electrons. The molecule has 0 fully saturated rings. The number of fused-ring (bicyclic) bond motifs is 1. The lowest BCUT2D eigenvalue weighted by Crippen LogP contribution is -2.21. The Kier molecular flexibility index (Phi) is 2.76. The van der Waals surface area contributed by atoms with Gasteiger partial charge in [0.05, 0.1) is 0 Å². The van der Waals surface area contributed by atoms with Crippen LogP contribution in [0.1, 0.15) is 36.8 Å². The minimum atomic E-state index is -0.675. The van der Waals surface area contributed by atoms with Crippen molar-refractivity contribution in [2.75, 3.05) is 0 Å². The first-order valence-corrected chi connectivity index (χ1v) is 5.48. The molecule has 1 aromatic rings. The van der Waals surface area contributed by atoms with Crippen LogP contribution in [-0.2, 0) is 11.2 Å². The highest BCUT2D eigenvalue weighted by molar-refractivity contribution is 5.67. The van der Waals surface area contributed by atoms with Gasteiger partial charge in [-0.1, -0.05) is 31.2 Å². The molecule has 2 atom stereocenters. The summed E-state index contributed by atoms with van der Waals surface area (Å²) >= 11 is 0. The van der Waals surface area contributed by atoms with E-state index in [1.165, 1.54) is 11.1 Å². The average Bonchev–Trinajstić information content (AvgIpc) is 2.22. The molecular formula is C13H16O2. The number of hydrogen-bond acceptors (Lipinski definition) is 1. The largest absolute Gasteiger partial charge is 0.481 e. The SMILES string of the molecule is CC1c2ccccc2CCC1CC(=O)O. The minimum Gasteiger partial charge on any atom is -0.481 e. The van der Waals surface area contributed by atoms with Crippen LogP contribution in [0, 0.1) is 5.92 Å². The van der Waals surface area contributed by atoms with Gasteiger partial charge in [0.15, 0.2) is 0 Å². The van der Waals surface area contributed by atoms with Gasteiger partial charge in [0.2, 0.25) is 0 Å². The van der Waals surface area contributed by atoms with Crippen LogP contribution in [0.15, 0.2) is 24.3 Å². The fraction of sp³-hybridized carbons (Fsp3) is 0.462. The molecule has 0 aromatic heterocycles. The molecule has 1 aliphatic rings. The van der Waals surface area contributed by atoms with Crippen LogP contribution in [0.3, 0.4) is 0 Å². The Morgan fingerprint density at radius 1 is 1.47 bits per heavy atom. The van der Waals surface area contributed by atoms with Gasteiger partial charge in [-0.3, -0.25) is 4.79 Å². The molecule has 0 spiro atoms. The summed E-state index contributed by atoms with van der Waals surface area (Å²) in [7, 11) is 0.